The number of benzene rings is 2. The summed E-state index contributed by atoms with van der Waals surface area (Å²) in [5.41, 5.74) is 5.15. The molecule has 160 valence electrons. The number of hydrogen-bond acceptors (Lipinski definition) is 4. The number of likely N-dealkylation sites (tertiary alicyclic amines) is 1. The fourth-order valence-electron chi connectivity index (χ4n) is 4.30. The molecule has 1 fully saturated rings. The molecule has 5 heteroatoms. The Hall–Kier alpha value is -3.34. The first-order chi connectivity index (χ1) is 15.1. The van der Waals surface area contributed by atoms with Crippen LogP contribution in [0, 0.1) is 6.92 Å². The molecule has 0 bridgehead atoms. The van der Waals surface area contributed by atoms with Gasteiger partial charge in [-0.25, -0.2) is 0 Å². The summed E-state index contributed by atoms with van der Waals surface area (Å²) in [5.74, 6) is 1.41. The smallest absolute Gasteiger partial charge is 0.227 e. The molecular weight excluding hydrogens is 388 g/mol. The number of carbonyl (C=O) groups excluding carboxylic acids is 1. The highest BCUT2D eigenvalue weighted by Gasteiger charge is 2.31. The number of aromatic nitrogens is 1. The molecule has 1 saturated heterocycles. The zero-order valence-electron chi connectivity index (χ0n) is 18.3. The molecule has 0 saturated carbocycles. The highest BCUT2D eigenvalue weighted by Crippen LogP contribution is 2.34. The Morgan fingerprint density at radius 1 is 1.00 bits per heavy atom. The van der Waals surface area contributed by atoms with E-state index in [-0.39, 0.29) is 11.9 Å². The number of hydrogen-bond donors (Lipinski definition) is 0. The number of carbonyl (C=O) groups is 1. The zero-order chi connectivity index (χ0) is 21.8. The van der Waals surface area contributed by atoms with Crippen molar-refractivity contribution in [2.75, 3.05) is 20.8 Å². The molecule has 0 N–H and O–H groups in total. The van der Waals surface area contributed by atoms with Crippen LogP contribution >= 0.6 is 0 Å². The monoisotopic (exact) mass is 416 g/mol. The van der Waals surface area contributed by atoms with Gasteiger partial charge in [0, 0.05) is 12.2 Å². The SMILES string of the molecule is COc1ccc(CC(=O)N2CCC[C@H]2c2cc(-c3ccccc3)cc(C)n2)cc1OC. The lowest BCUT2D eigenvalue weighted by Gasteiger charge is -2.25. The second-order valence-corrected chi connectivity index (χ2v) is 7.90. The van der Waals surface area contributed by atoms with E-state index in [0.717, 1.165) is 47.5 Å². The van der Waals surface area contributed by atoms with E-state index < -0.39 is 0 Å². The van der Waals surface area contributed by atoms with Crippen LogP contribution in [0.4, 0.5) is 0 Å². The summed E-state index contributed by atoms with van der Waals surface area (Å²) in [6.07, 6.45) is 2.25. The summed E-state index contributed by atoms with van der Waals surface area (Å²) in [4.78, 5) is 20.0. The van der Waals surface area contributed by atoms with Crippen molar-refractivity contribution in [3.05, 3.63) is 77.6 Å². The number of methoxy groups -OCH3 is 2. The van der Waals surface area contributed by atoms with Crippen molar-refractivity contribution in [2.45, 2.75) is 32.2 Å². The second kappa shape index (κ2) is 9.21. The lowest BCUT2D eigenvalue weighted by Crippen LogP contribution is -2.32. The van der Waals surface area contributed by atoms with Gasteiger partial charge in [0.1, 0.15) is 0 Å². The van der Waals surface area contributed by atoms with Crippen molar-refractivity contribution in [3.8, 4) is 22.6 Å². The highest BCUT2D eigenvalue weighted by molar-refractivity contribution is 5.80. The molecule has 0 unspecified atom stereocenters. The van der Waals surface area contributed by atoms with Crippen molar-refractivity contribution < 1.29 is 14.3 Å². The molecule has 0 aliphatic carbocycles. The van der Waals surface area contributed by atoms with E-state index in [1.807, 2.05) is 48.2 Å². The van der Waals surface area contributed by atoms with Crippen LogP contribution in [0.25, 0.3) is 11.1 Å². The minimum Gasteiger partial charge on any atom is -0.493 e. The lowest BCUT2D eigenvalue weighted by atomic mass is 10.0. The van der Waals surface area contributed by atoms with E-state index in [9.17, 15) is 4.79 Å². The van der Waals surface area contributed by atoms with Gasteiger partial charge < -0.3 is 14.4 Å². The van der Waals surface area contributed by atoms with E-state index in [1.54, 1.807) is 14.2 Å². The van der Waals surface area contributed by atoms with Crippen LogP contribution < -0.4 is 9.47 Å². The molecule has 2 aromatic carbocycles. The largest absolute Gasteiger partial charge is 0.493 e. The first-order valence-corrected chi connectivity index (χ1v) is 10.6. The van der Waals surface area contributed by atoms with Gasteiger partial charge >= 0.3 is 0 Å². The normalized spacial score (nSPS) is 15.7. The van der Waals surface area contributed by atoms with Crippen LogP contribution in [-0.4, -0.2) is 36.6 Å². The molecule has 2 heterocycles. The van der Waals surface area contributed by atoms with Crippen molar-refractivity contribution in [3.63, 3.8) is 0 Å². The van der Waals surface area contributed by atoms with E-state index in [4.69, 9.17) is 14.5 Å². The Morgan fingerprint density at radius 3 is 2.52 bits per heavy atom. The van der Waals surface area contributed by atoms with Gasteiger partial charge in [-0.2, -0.15) is 0 Å². The molecule has 0 spiro atoms. The van der Waals surface area contributed by atoms with E-state index in [2.05, 4.69) is 24.3 Å². The minimum absolute atomic E-state index is 0.00926. The third-order valence-corrected chi connectivity index (χ3v) is 5.80. The Bertz CT molecular complexity index is 1070. The van der Waals surface area contributed by atoms with Gasteiger partial charge in [-0.1, -0.05) is 36.4 Å². The Kier molecular flexibility index (Phi) is 6.21. The zero-order valence-corrected chi connectivity index (χ0v) is 18.3. The van der Waals surface area contributed by atoms with Crippen molar-refractivity contribution in [1.82, 2.24) is 9.88 Å². The van der Waals surface area contributed by atoms with Crippen LogP contribution in [0.15, 0.2) is 60.7 Å². The molecule has 4 rings (SSSR count). The maximum atomic E-state index is 13.2. The summed E-state index contributed by atoms with van der Waals surface area (Å²) in [6, 6.07) is 20.2. The average molecular weight is 417 g/mol. The van der Waals surface area contributed by atoms with Crippen LogP contribution in [0.2, 0.25) is 0 Å². The summed E-state index contributed by atoms with van der Waals surface area (Å²) < 4.78 is 10.7. The van der Waals surface area contributed by atoms with Gasteiger partial charge in [0.05, 0.1) is 32.4 Å². The minimum atomic E-state index is 0.00926. The van der Waals surface area contributed by atoms with Gasteiger partial charge in [-0.3, -0.25) is 9.78 Å². The number of aryl methyl sites for hydroxylation is 1. The first-order valence-electron chi connectivity index (χ1n) is 10.6. The van der Waals surface area contributed by atoms with Crippen LogP contribution in [0.1, 0.15) is 35.8 Å². The predicted octanol–water partition coefficient (Wildman–Crippen LogP) is 4.98. The number of nitrogens with zero attached hydrogens (tertiary/aromatic N) is 2. The maximum absolute atomic E-state index is 13.2. The molecule has 1 aliphatic rings. The molecule has 1 aromatic heterocycles. The second-order valence-electron chi connectivity index (χ2n) is 7.90. The fourth-order valence-corrected chi connectivity index (χ4v) is 4.30. The highest BCUT2D eigenvalue weighted by atomic mass is 16.5. The predicted molar refractivity (Wildman–Crippen MR) is 121 cm³/mol. The first kappa shape index (κ1) is 20.9. The van der Waals surface area contributed by atoms with Gasteiger partial charge in [0.25, 0.3) is 0 Å². The molecule has 3 aromatic rings. The average Bonchev–Trinajstić information content (AvgIpc) is 3.29. The third kappa shape index (κ3) is 4.55. The Morgan fingerprint density at radius 2 is 1.77 bits per heavy atom. The number of amides is 1. The molecule has 1 aliphatic heterocycles. The maximum Gasteiger partial charge on any atom is 0.227 e. The molecule has 1 amide bonds. The molecule has 31 heavy (non-hydrogen) atoms. The van der Waals surface area contributed by atoms with Gasteiger partial charge in [0.15, 0.2) is 11.5 Å². The van der Waals surface area contributed by atoms with Gasteiger partial charge in [-0.05, 0) is 60.7 Å². The summed E-state index contributed by atoms with van der Waals surface area (Å²) in [6.45, 7) is 2.77. The van der Waals surface area contributed by atoms with Crippen molar-refractivity contribution in [1.29, 1.82) is 0 Å². The van der Waals surface area contributed by atoms with Crippen molar-refractivity contribution in [2.24, 2.45) is 0 Å². The summed E-state index contributed by atoms with van der Waals surface area (Å²) in [5, 5.41) is 0. The van der Waals surface area contributed by atoms with Crippen LogP contribution in [-0.2, 0) is 11.2 Å². The number of pyridine rings is 1. The molecule has 1 atom stereocenters. The van der Waals surface area contributed by atoms with Crippen LogP contribution in [0.3, 0.4) is 0 Å². The number of ether oxygens (including phenoxy) is 2. The van der Waals surface area contributed by atoms with Crippen molar-refractivity contribution >= 4 is 5.91 Å². The fraction of sp³-hybridized carbons (Fsp3) is 0.308. The Labute approximate surface area is 183 Å². The van der Waals surface area contributed by atoms with Gasteiger partial charge in [-0.15, -0.1) is 0 Å². The van der Waals surface area contributed by atoms with E-state index >= 15 is 0 Å². The standard InChI is InChI=1S/C26H28N2O3/c1-18-14-21(20-8-5-4-6-9-20)17-22(27-18)23-10-7-13-28(23)26(29)16-19-11-12-24(30-2)25(15-19)31-3/h4-6,8-9,11-12,14-15,17,23H,7,10,13,16H2,1-3H3/t23-/m0/s1. The summed E-state index contributed by atoms with van der Waals surface area (Å²) >= 11 is 0. The lowest BCUT2D eigenvalue weighted by molar-refractivity contribution is -0.131. The molecular formula is C26H28N2O3. The quantitative estimate of drug-likeness (QED) is 0.569. The van der Waals surface area contributed by atoms with Crippen LogP contribution in [0.5, 0.6) is 11.5 Å². The van der Waals surface area contributed by atoms with E-state index in [0.29, 0.717) is 17.9 Å². The summed E-state index contributed by atoms with van der Waals surface area (Å²) in [7, 11) is 3.21. The topological polar surface area (TPSA) is 51.7 Å². The van der Waals surface area contributed by atoms with Gasteiger partial charge in [0.2, 0.25) is 5.91 Å². The molecule has 0 radical (unpaired) electrons. The third-order valence-electron chi connectivity index (χ3n) is 5.80. The Balaban J connectivity index is 1.57. The molecule has 5 nitrogen and oxygen atoms in total. The van der Waals surface area contributed by atoms with E-state index in [1.165, 1.54) is 0 Å². The number of rotatable bonds is 6.